The molecule has 1 aromatic heterocycles. The Morgan fingerprint density at radius 1 is 0.933 bits per heavy atom. The molecule has 0 amide bonds. The topological polar surface area (TPSA) is 44.3 Å². The second-order valence-electron chi connectivity index (χ2n) is 7.37. The van der Waals surface area contributed by atoms with E-state index in [2.05, 4.69) is 9.88 Å². The SMILES string of the molecule is O=c1[nH]c2ccccc2n1C/C=C/CN1CCN(c2cccc(C(F)(F)F)c2)CC1. The van der Waals surface area contributed by atoms with Crippen LogP contribution in [0.4, 0.5) is 18.9 Å². The summed E-state index contributed by atoms with van der Waals surface area (Å²) >= 11 is 0. The molecule has 1 aliphatic rings. The van der Waals surface area contributed by atoms with Crippen LogP contribution in [0.2, 0.25) is 0 Å². The first-order chi connectivity index (χ1) is 14.4. The lowest BCUT2D eigenvalue weighted by atomic mass is 10.1. The van der Waals surface area contributed by atoms with E-state index in [0.717, 1.165) is 36.7 Å². The maximum Gasteiger partial charge on any atom is 0.416 e. The second-order valence-corrected chi connectivity index (χ2v) is 7.37. The Kier molecular flexibility index (Phi) is 5.67. The number of anilines is 1. The number of aromatic amines is 1. The largest absolute Gasteiger partial charge is 0.416 e. The number of hydrogen-bond acceptors (Lipinski definition) is 3. The van der Waals surface area contributed by atoms with Crippen LogP contribution in [0, 0.1) is 0 Å². The third-order valence-electron chi connectivity index (χ3n) is 5.41. The summed E-state index contributed by atoms with van der Waals surface area (Å²) in [6.45, 7) is 4.13. The minimum atomic E-state index is -4.32. The van der Waals surface area contributed by atoms with Gasteiger partial charge in [0.25, 0.3) is 0 Å². The van der Waals surface area contributed by atoms with Crippen LogP contribution in [0.1, 0.15) is 5.56 Å². The van der Waals surface area contributed by atoms with Gasteiger partial charge in [-0.2, -0.15) is 13.2 Å². The van der Waals surface area contributed by atoms with Gasteiger partial charge in [-0.25, -0.2) is 4.79 Å². The van der Waals surface area contributed by atoms with Gasteiger partial charge in [0.05, 0.1) is 16.6 Å². The molecule has 8 heteroatoms. The monoisotopic (exact) mass is 416 g/mol. The maximum absolute atomic E-state index is 12.9. The van der Waals surface area contributed by atoms with Crippen LogP contribution in [-0.2, 0) is 12.7 Å². The summed E-state index contributed by atoms with van der Waals surface area (Å²) in [5.41, 5.74) is 1.57. The fraction of sp³-hybridized carbons (Fsp3) is 0.318. The van der Waals surface area contributed by atoms with Crippen LogP contribution < -0.4 is 10.6 Å². The number of imidazole rings is 1. The lowest BCUT2D eigenvalue weighted by Gasteiger charge is -2.35. The quantitative estimate of drug-likeness (QED) is 0.645. The number of piperazine rings is 1. The molecule has 1 N–H and O–H groups in total. The Balaban J connectivity index is 1.30. The number of benzene rings is 2. The van der Waals surface area contributed by atoms with Crippen LogP contribution in [0.5, 0.6) is 0 Å². The fourth-order valence-corrected chi connectivity index (χ4v) is 3.76. The molecule has 4 rings (SSSR count). The Hall–Kier alpha value is -3.00. The van der Waals surface area contributed by atoms with Gasteiger partial charge < -0.3 is 9.88 Å². The number of alkyl halides is 3. The van der Waals surface area contributed by atoms with Crippen molar-refractivity contribution in [3.8, 4) is 0 Å². The zero-order chi connectivity index (χ0) is 21.1. The van der Waals surface area contributed by atoms with Gasteiger partial charge in [0.1, 0.15) is 0 Å². The number of halogens is 3. The molecule has 0 bridgehead atoms. The van der Waals surface area contributed by atoms with Crippen molar-refractivity contribution in [3.63, 3.8) is 0 Å². The highest BCUT2D eigenvalue weighted by Crippen LogP contribution is 2.31. The first-order valence-electron chi connectivity index (χ1n) is 9.89. The van der Waals surface area contributed by atoms with Gasteiger partial charge in [0.2, 0.25) is 0 Å². The van der Waals surface area contributed by atoms with Crippen molar-refractivity contribution < 1.29 is 13.2 Å². The molecule has 1 fully saturated rings. The first kappa shape index (κ1) is 20.3. The van der Waals surface area contributed by atoms with Gasteiger partial charge in [0.15, 0.2) is 0 Å². The van der Waals surface area contributed by atoms with Crippen molar-refractivity contribution in [1.29, 1.82) is 0 Å². The van der Waals surface area contributed by atoms with Crippen molar-refractivity contribution in [2.45, 2.75) is 12.7 Å². The molecule has 0 atom stereocenters. The number of hydrogen-bond donors (Lipinski definition) is 1. The molecular weight excluding hydrogens is 393 g/mol. The molecule has 158 valence electrons. The van der Waals surface area contributed by atoms with Crippen LogP contribution in [0.15, 0.2) is 65.5 Å². The van der Waals surface area contributed by atoms with Gasteiger partial charge >= 0.3 is 11.9 Å². The highest BCUT2D eigenvalue weighted by atomic mass is 19.4. The molecule has 0 radical (unpaired) electrons. The van der Waals surface area contributed by atoms with Crippen molar-refractivity contribution in [2.24, 2.45) is 0 Å². The number of fused-ring (bicyclic) bond motifs is 1. The molecule has 2 aromatic carbocycles. The molecule has 5 nitrogen and oxygen atoms in total. The van der Waals surface area contributed by atoms with Crippen molar-refractivity contribution in [1.82, 2.24) is 14.5 Å². The molecule has 0 saturated carbocycles. The van der Waals surface area contributed by atoms with Crippen LogP contribution in [-0.4, -0.2) is 47.2 Å². The van der Waals surface area contributed by atoms with Crippen molar-refractivity contribution >= 4 is 16.7 Å². The normalized spacial score (nSPS) is 16.0. The van der Waals surface area contributed by atoms with E-state index in [4.69, 9.17) is 0 Å². The third-order valence-corrected chi connectivity index (χ3v) is 5.41. The maximum atomic E-state index is 12.9. The van der Waals surface area contributed by atoms with Crippen LogP contribution in [0.3, 0.4) is 0 Å². The lowest BCUT2D eigenvalue weighted by Crippen LogP contribution is -2.46. The summed E-state index contributed by atoms with van der Waals surface area (Å²) in [4.78, 5) is 19.2. The van der Waals surface area contributed by atoms with E-state index < -0.39 is 11.7 Å². The third kappa shape index (κ3) is 4.43. The Labute approximate surface area is 172 Å². The predicted octanol–water partition coefficient (Wildman–Crippen LogP) is 3.73. The summed E-state index contributed by atoms with van der Waals surface area (Å²) in [6, 6.07) is 13.1. The summed E-state index contributed by atoms with van der Waals surface area (Å²) in [5.74, 6) is 0. The number of nitrogens with one attached hydrogen (secondary N) is 1. The van der Waals surface area contributed by atoms with Gasteiger partial charge in [-0.15, -0.1) is 0 Å². The number of para-hydroxylation sites is 2. The second kappa shape index (κ2) is 8.39. The molecule has 2 heterocycles. The zero-order valence-electron chi connectivity index (χ0n) is 16.4. The Bertz CT molecular complexity index is 1090. The highest BCUT2D eigenvalue weighted by Gasteiger charge is 2.31. The summed E-state index contributed by atoms with van der Waals surface area (Å²) in [7, 11) is 0. The molecule has 1 aliphatic heterocycles. The van der Waals surface area contributed by atoms with Crippen LogP contribution in [0.25, 0.3) is 11.0 Å². The molecule has 0 aliphatic carbocycles. The van der Waals surface area contributed by atoms with Gasteiger partial charge in [-0.1, -0.05) is 30.4 Å². The van der Waals surface area contributed by atoms with E-state index in [1.807, 2.05) is 41.3 Å². The van der Waals surface area contributed by atoms with Crippen molar-refractivity contribution in [3.05, 3.63) is 76.7 Å². The molecule has 0 unspecified atom stereocenters. The van der Waals surface area contributed by atoms with E-state index >= 15 is 0 Å². The molecule has 3 aromatic rings. The number of nitrogens with zero attached hydrogens (tertiary/aromatic N) is 3. The molecular formula is C22H23F3N4O. The number of rotatable bonds is 5. The first-order valence-corrected chi connectivity index (χ1v) is 9.89. The highest BCUT2D eigenvalue weighted by molar-refractivity contribution is 5.74. The number of allylic oxidation sites excluding steroid dienone is 1. The predicted molar refractivity (Wildman–Crippen MR) is 112 cm³/mol. The Morgan fingerprint density at radius 3 is 2.43 bits per heavy atom. The summed E-state index contributed by atoms with van der Waals surface area (Å²) in [5, 5.41) is 0. The summed E-state index contributed by atoms with van der Waals surface area (Å²) < 4.78 is 40.5. The standard InChI is InChI=1S/C22H23F3N4O/c23-22(24,25)17-6-5-7-18(16-17)28-14-12-27(13-15-28)10-3-4-11-29-20-9-2-1-8-19(20)26-21(29)30/h1-9,16H,10-15H2,(H,26,30)/b4-3+. The van der Waals surface area contributed by atoms with Crippen LogP contribution >= 0.6 is 0 Å². The van der Waals surface area contributed by atoms with E-state index in [1.165, 1.54) is 12.1 Å². The lowest BCUT2D eigenvalue weighted by molar-refractivity contribution is -0.137. The average Bonchev–Trinajstić information content (AvgIpc) is 3.06. The summed E-state index contributed by atoms with van der Waals surface area (Å²) in [6.07, 6.45) is -0.315. The fourth-order valence-electron chi connectivity index (χ4n) is 3.76. The van der Waals surface area contributed by atoms with Gasteiger partial charge in [-0.05, 0) is 30.3 Å². The van der Waals surface area contributed by atoms with E-state index in [-0.39, 0.29) is 5.69 Å². The van der Waals surface area contributed by atoms with E-state index in [1.54, 1.807) is 10.6 Å². The molecule has 1 saturated heterocycles. The molecule has 0 spiro atoms. The smallest absolute Gasteiger partial charge is 0.369 e. The zero-order valence-corrected chi connectivity index (χ0v) is 16.4. The number of aromatic nitrogens is 2. The minimum Gasteiger partial charge on any atom is -0.369 e. The minimum absolute atomic E-state index is 0.129. The van der Waals surface area contributed by atoms with E-state index in [0.29, 0.717) is 25.3 Å². The Morgan fingerprint density at radius 2 is 1.67 bits per heavy atom. The number of H-pyrrole nitrogens is 1. The van der Waals surface area contributed by atoms with E-state index in [9.17, 15) is 18.0 Å². The van der Waals surface area contributed by atoms with Gasteiger partial charge in [-0.3, -0.25) is 9.47 Å². The average molecular weight is 416 g/mol. The van der Waals surface area contributed by atoms with Crippen molar-refractivity contribution in [2.75, 3.05) is 37.6 Å². The molecule has 30 heavy (non-hydrogen) atoms. The van der Waals surface area contributed by atoms with Gasteiger partial charge in [0, 0.05) is 45.0 Å².